The van der Waals surface area contributed by atoms with Crippen LogP contribution < -0.4 is 0 Å². The third kappa shape index (κ3) is 3.05. The maximum atomic E-state index is 13.2. The number of halogens is 1. The highest BCUT2D eigenvalue weighted by Crippen LogP contribution is 2.39. The Hall–Kier alpha value is -1.95. The summed E-state index contributed by atoms with van der Waals surface area (Å²) >= 11 is 0. The quantitative estimate of drug-likeness (QED) is 0.898. The molecule has 0 radical (unpaired) electrons. The largest absolute Gasteiger partial charge is 0.481 e. The predicted octanol–water partition coefficient (Wildman–Crippen LogP) is 1.75. The molecule has 1 fully saturated rings. The molecule has 1 aromatic rings. The molecule has 1 aliphatic rings. The molecular weight excluding hydrogens is 277 g/mol. The van der Waals surface area contributed by atoms with Crippen molar-refractivity contribution in [2.24, 2.45) is 5.92 Å². The van der Waals surface area contributed by atoms with E-state index in [0.29, 0.717) is 24.3 Å². The highest BCUT2D eigenvalue weighted by atomic mass is 19.1. The smallest absolute Gasteiger partial charge is 0.309 e. The van der Waals surface area contributed by atoms with E-state index >= 15 is 0 Å². The van der Waals surface area contributed by atoms with Gasteiger partial charge in [0.05, 0.1) is 18.6 Å². The SMILES string of the molecule is COCCN1C(=O)C[C@H](C(=O)O)[C@H]1c1ccc(F)cc1C. The van der Waals surface area contributed by atoms with Crippen molar-refractivity contribution in [1.82, 2.24) is 4.90 Å². The van der Waals surface area contributed by atoms with E-state index < -0.39 is 17.9 Å². The maximum Gasteiger partial charge on any atom is 0.309 e. The molecule has 6 heteroatoms. The van der Waals surface area contributed by atoms with Gasteiger partial charge in [-0.05, 0) is 30.2 Å². The third-order valence-corrected chi connectivity index (χ3v) is 3.84. The van der Waals surface area contributed by atoms with Crippen LogP contribution in [0.4, 0.5) is 4.39 Å². The molecule has 0 aliphatic carbocycles. The zero-order chi connectivity index (χ0) is 15.6. The van der Waals surface area contributed by atoms with Crippen molar-refractivity contribution in [3.05, 3.63) is 35.1 Å². The number of ether oxygens (including phenoxy) is 1. The molecule has 1 saturated heterocycles. The number of benzene rings is 1. The van der Waals surface area contributed by atoms with Crippen LogP contribution in [0.15, 0.2) is 18.2 Å². The van der Waals surface area contributed by atoms with Crippen LogP contribution in [0, 0.1) is 18.7 Å². The van der Waals surface area contributed by atoms with Gasteiger partial charge in [-0.25, -0.2) is 4.39 Å². The van der Waals surface area contributed by atoms with Gasteiger partial charge < -0.3 is 14.7 Å². The van der Waals surface area contributed by atoms with Crippen molar-refractivity contribution in [2.75, 3.05) is 20.3 Å². The number of aryl methyl sites for hydroxylation is 1. The van der Waals surface area contributed by atoms with Crippen LogP contribution in [0.3, 0.4) is 0 Å². The lowest BCUT2D eigenvalue weighted by Gasteiger charge is -2.28. The van der Waals surface area contributed by atoms with Gasteiger partial charge in [0.1, 0.15) is 5.82 Å². The van der Waals surface area contributed by atoms with Gasteiger partial charge in [0.15, 0.2) is 0 Å². The highest BCUT2D eigenvalue weighted by Gasteiger charge is 2.44. The molecule has 1 N–H and O–H groups in total. The Labute approximate surface area is 122 Å². The number of nitrogens with zero attached hydrogens (tertiary/aromatic N) is 1. The Balaban J connectivity index is 2.41. The molecule has 1 amide bonds. The number of likely N-dealkylation sites (tertiary alicyclic amines) is 1. The number of amides is 1. The number of hydrogen-bond acceptors (Lipinski definition) is 3. The molecule has 21 heavy (non-hydrogen) atoms. The number of carboxylic acids is 1. The second-order valence-electron chi connectivity index (χ2n) is 5.17. The van der Waals surface area contributed by atoms with E-state index in [0.717, 1.165) is 0 Å². The Morgan fingerprint density at radius 1 is 1.52 bits per heavy atom. The first-order valence-electron chi connectivity index (χ1n) is 6.73. The molecule has 114 valence electrons. The number of aliphatic carboxylic acids is 1. The lowest BCUT2D eigenvalue weighted by atomic mass is 9.91. The molecule has 0 saturated carbocycles. The Morgan fingerprint density at radius 3 is 2.81 bits per heavy atom. The summed E-state index contributed by atoms with van der Waals surface area (Å²) in [4.78, 5) is 25.1. The summed E-state index contributed by atoms with van der Waals surface area (Å²) in [6, 6.07) is 3.62. The molecule has 1 aromatic carbocycles. The van der Waals surface area contributed by atoms with Crippen molar-refractivity contribution in [3.8, 4) is 0 Å². The fourth-order valence-electron chi connectivity index (χ4n) is 2.82. The van der Waals surface area contributed by atoms with Crippen molar-refractivity contribution in [3.63, 3.8) is 0 Å². The molecule has 0 unspecified atom stereocenters. The van der Waals surface area contributed by atoms with Crippen molar-refractivity contribution in [1.29, 1.82) is 0 Å². The van der Waals surface area contributed by atoms with Gasteiger partial charge >= 0.3 is 5.97 Å². The number of hydrogen-bond donors (Lipinski definition) is 1. The standard InChI is InChI=1S/C15H18FNO4/c1-9-7-10(16)3-4-11(9)14-12(15(19)20)8-13(18)17(14)5-6-21-2/h3-4,7,12,14H,5-6,8H2,1-2H3,(H,19,20)/t12-,14+/m0/s1. The number of methoxy groups -OCH3 is 1. The first-order chi connectivity index (χ1) is 9.95. The molecule has 1 heterocycles. The maximum absolute atomic E-state index is 13.2. The van der Waals surface area contributed by atoms with Crippen LogP contribution in [0.2, 0.25) is 0 Å². The zero-order valence-corrected chi connectivity index (χ0v) is 12.0. The molecule has 0 bridgehead atoms. The summed E-state index contributed by atoms with van der Waals surface area (Å²) in [6.45, 7) is 2.37. The van der Waals surface area contributed by atoms with Gasteiger partial charge in [-0.15, -0.1) is 0 Å². The first-order valence-corrected chi connectivity index (χ1v) is 6.73. The summed E-state index contributed by atoms with van der Waals surface area (Å²) in [7, 11) is 1.52. The number of carboxylic acid groups (broad SMARTS) is 1. The summed E-state index contributed by atoms with van der Waals surface area (Å²) in [6.07, 6.45) is -0.0411. The van der Waals surface area contributed by atoms with Crippen molar-refractivity contribution < 1.29 is 23.8 Å². The first kappa shape index (κ1) is 15.4. The molecule has 0 aromatic heterocycles. The lowest BCUT2D eigenvalue weighted by Crippen LogP contribution is -2.33. The van der Waals surface area contributed by atoms with E-state index in [-0.39, 0.29) is 18.1 Å². The average molecular weight is 295 g/mol. The normalized spacial score (nSPS) is 21.9. The summed E-state index contributed by atoms with van der Waals surface area (Å²) < 4.78 is 18.2. The van der Waals surface area contributed by atoms with Crippen molar-refractivity contribution in [2.45, 2.75) is 19.4 Å². The second-order valence-corrected chi connectivity index (χ2v) is 5.17. The number of rotatable bonds is 5. The zero-order valence-electron chi connectivity index (χ0n) is 12.0. The molecular formula is C15H18FNO4. The minimum Gasteiger partial charge on any atom is -0.481 e. The van der Waals surface area contributed by atoms with Gasteiger partial charge in [-0.3, -0.25) is 9.59 Å². The van der Waals surface area contributed by atoms with Crippen LogP contribution >= 0.6 is 0 Å². The average Bonchev–Trinajstić information content (AvgIpc) is 2.74. The van der Waals surface area contributed by atoms with Gasteiger partial charge in [0, 0.05) is 20.1 Å². The van der Waals surface area contributed by atoms with Crippen molar-refractivity contribution >= 4 is 11.9 Å². The van der Waals surface area contributed by atoms with E-state index in [1.807, 2.05) is 0 Å². The Kier molecular flexibility index (Phi) is 4.57. The number of carbonyl (C=O) groups excluding carboxylic acids is 1. The van der Waals surface area contributed by atoms with Crippen LogP contribution in [-0.2, 0) is 14.3 Å². The highest BCUT2D eigenvalue weighted by molar-refractivity contribution is 5.87. The third-order valence-electron chi connectivity index (χ3n) is 3.84. The fraction of sp³-hybridized carbons (Fsp3) is 0.467. The summed E-state index contributed by atoms with van der Waals surface area (Å²) in [5.74, 6) is -2.43. The monoisotopic (exact) mass is 295 g/mol. The Morgan fingerprint density at radius 2 is 2.24 bits per heavy atom. The van der Waals surface area contributed by atoms with E-state index in [1.165, 1.54) is 24.1 Å². The minimum atomic E-state index is -1.02. The van der Waals surface area contributed by atoms with Gasteiger partial charge in [0.2, 0.25) is 5.91 Å². The summed E-state index contributed by atoms with van der Waals surface area (Å²) in [5.41, 5.74) is 1.31. The van der Waals surface area contributed by atoms with Gasteiger partial charge in [0.25, 0.3) is 0 Å². The van der Waals surface area contributed by atoms with E-state index in [4.69, 9.17) is 4.74 Å². The number of carbonyl (C=O) groups is 2. The predicted molar refractivity (Wildman–Crippen MR) is 73.2 cm³/mol. The van der Waals surface area contributed by atoms with Crippen LogP contribution in [-0.4, -0.2) is 42.1 Å². The fourth-order valence-corrected chi connectivity index (χ4v) is 2.82. The van der Waals surface area contributed by atoms with E-state index in [9.17, 15) is 19.1 Å². The summed E-state index contributed by atoms with van der Waals surface area (Å²) in [5, 5.41) is 9.37. The van der Waals surface area contributed by atoms with Crippen LogP contribution in [0.25, 0.3) is 0 Å². The minimum absolute atomic E-state index is 0.0411. The Bertz CT molecular complexity index is 561. The topological polar surface area (TPSA) is 66.8 Å². The molecule has 1 aliphatic heterocycles. The molecule has 2 atom stereocenters. The van der Waals surface area contributed by atoms with E-state index in [1.54, 1.807) is 13.0 Å². The molecule has 2 rings (SSSR count). The van der Waals surface area contributed by atoms with Crippen LogP contribution in [0.5, 0.6) is 0 Å². The molecule has 5 nitrogen and oxygen atoms in total. The second kappa shape index (κ2) is 6.22. The molecule has 0 spiro atoms. The van der Waals surface area contributed by atoms with Crippen LogP contribution in [0.1, 0.15) is 23.6 Å². The lowest BCUT2D eigenvalue weighted by molar-refractivity contribution is -0.142. The van der Waals surface area contributed by atoms with E-state index in [2.05, 4.69) is 0 Å². The van der Waals surface area contributed by atoms with Gasteiger partial charge in [-0.2, -0.15) is 0 Å². The van der Waals surface area contributed by atoms with Gasteiger partial charge in [-0.1, -0.05) is 6.07 Å².